The van der Waals surface area contributed by atoms with Crippen molar-refractivity contribution >= 4 is 23.3 Å². The van der Waals surface area contributed by atoms with Crippen LogP contribution in [0.25, 0.3) is 0 Å². The number of hydrogen-bond donors (Lipinski definition) is 0. The molecule has 0 radical (unpaired) electrons. The molecule has 0 spiro atoms. The predicted octanol–water partition coefficient (Wildman–Crippen LogP) is 2.57. The number of esters is 1. The summed E-state index contributed by atoms with van der Waals surface area (Å²) < 4.78 is 43.4. The maximum absolute atomic E-state index is 13.0. The Bertz CT molecular complexity index is 894. The van der Waals surface area contributed by atoms with Crippen LogP contribution in [0.2, 0.25) is 0 Å². The van der Waals surface area contributed by atoms with Gasteiger partial charge in [-0.1, -0.05) is 0 Å². The SMILES string of the molecule is CCOC(=O)C1(C)C(=O)C(C(=O)c2ccc(C(F)(F)F)nc2C)C(=O)C2CC21. The molecule has 0 aromatic carbocycles. The van der Waals surface area contributed by atoms with Crippen molar-refractivity contribution in [2.24, 2.45) is 23.2 Å². The summed E-state index contributed by atoms with van der Waals surface area (Å²) >= 11 is 0. The van der Waals surface area contributed by atoms with Gasteiger partial charge in [0, 0.05) is 17.2 Å². The molecule has 2 aliphatic carbocycles. The number of alkyl halides is 3. The molecule has 0 aliphatic heterocycles. The minimum Gasteiger partial charge on any atom is -0.465 e. The van der Waals surface area contributed by atoms with Gasteiger partial charge in [0.15, 0.2) is 17.3 Å². The lowest BCUT2D eigenvalue weighted by molar-refractivity contribution is -0.164. The molecule has 0 amide bonds. The quantitative estimate of drug-likeness (QED) is 0.441. The van der Waals surface area contributed by atoms with Crippen molar-refractivity contribution in [3.63, 3.8) is 0 Å². The number of aryl methyl sites for hydroxylation is 1. The number of Topliss-reactive ketones (excluding diaryl/α,β-unsaturated/α-hetero) is 3. The maximum atomic E-state index is 13.0. The van der Waals surface area contributed by atoms with Crippen LogP contribution >= 0.6 is 0 Å². The van der Waals surface area contributed by atoms with Crippen molar-refractivity contribution in [2.45, 2.75) is 33.4 Å². The molecule has 4 unspecified atom stereocenters. The second-order valence-electron chi connectivity index (χ2n) is 7.26. The van der Waals surface area contributed by atoms with Gasteiger partial charge in [-0.25, -0.2) is 4.98 Å². The van der Waals surface area contributed by atoms with E-state index in [2.05, 4.69) is 4.98 Å². The average Bonchev–Trinajstić information content (AvgIpc) is 3.40. The molecule has 1 aromatic heterocycles. The highest BCUT2D eigenvalue weighted by molar-refractivity contribution is 6.31. The van der Waals surface area contributed by atoms with Crippen LogP contribution in [0.15, 0.2) is 12.1 Å². The van der Waals surface area contributed by atoms with Gasteiger partial charge in [0.05, 0.1) is 6.61 Å². The van der Waals surface area contributed by atoms with E-state index in [0.717, 1.165) is 6.07 Å². The van der Waals surface area contributed by atoms with Crippen LogP contribution in [0.1, 0.15) is 42.0 Å². The van der Waals surface area contributed by atoms with Gasteiger partial charge in [-0.2, -0.15) is 13.2 Å². The molecule has 1 aromatic rings. The second kappa shape index (κ2) is 6.49. The third-order valence-corrected chi connectivity index (χ3v) is 5.56. The minimum absolute atomic E-state index is 0.0353. The lowest BCUT2D eigenvalue weighted by atomic mass is 9.67. The van der Waals surface area contributed by atoms with E-state index in [1.807, 2.05) is 0 Å². The van der Waals surface area contributed by atoms with Gasteiger partial charge in [-0.05, 0) is 45.2 Å². The highest BCUT2D eigenvalue weighted by atomic mass is 19.4. The first-order valence-electron chi connectivity index (χ1n) is 8.78. The number of nitrogens with zero attached hydrogens (tertiary/aromatic N) is 1. The lowest BCUT2D eigenvalue weighted by Gasteiger charge is -2.33. The van der Waals surface area contributed by atoms with Crippen LogP contribution in [-0.2, 0) is 25.3 Å². The number of ether oxygens (including phenoxy) is 1. The maximum Gasteiger partial charge on any atom is 0.433 e. The summed E-state index contributed by atoms with van der Waals surface area (Å²) in [5.41, 5.74) is -3.29. The van der Waals surface area contributed by atoms with E-state index in [0.29, 0.717) is 12.5 Å². The van der Waals surface area contributed by atoms with Crippen LogP contribution in [0.4, 0.5) is 13.2 Å². The smallest absolute Gasteiger partial charge is 0.433 e. The summed E-state index contributed by atoms with van der Waals surface area (Å²) in [4.78, 5) is 54.3. The van der Waals surface area contributed by atoms with Crippen LogP contribution in [0, 0.1) is 30.1 Å². The number of carbonyl (C=O) groups is 4. The number of fused-ring (bicyclic) bond motifs is 1. The molecule has 9 heteroatoms. The molecule has 2 fully saturated rings. The van der Waals surface area contributed by atoms with E-state index in [-0.39, 0.29) is 17.9 Å². The second-order valence-corrected chi connectivity index (χ2v) is 7.26. The summed E-state index contributed by atoms with van der Waals surface area (Å²) in [7, 11) is 0. The summed E-state index contributed by atoms with van der Waals surface area (Å²) in [5.74, 6) is -6.05. The Morgan fingerprint density at radius 3 is 2.46 bits per heavy atom. The fourth-order valence-corrected chi connectivity index (χ4v) is 3.89. The predicted molar refractivity (Wildman–Crippen MR) is 88.1 cm³/mol. The van der Waals surface area contributed by atoms with Crippen LogP contribution in [-0.4, -0.2) is 34.9 Å². The first kappa shape index (κ1) is 20.2. The fourth-order valence-electron chi connectivity index (χ4n) is 3.89. The third-order valence-electron chi connectivity index (χ3n) is 5.56. The summed E-state index contributed by atoms with van der Waals surface area (Å²) in [6, 6.07) is 1.54. The third kappa shape index (κ3) is 2.93. The summed E-state index contributed by atoms with van der Waals surface area (Å²) in [6.45, 7) is 4.17. The van der Waals surface area contributed by atoms with E-state index < -0.39 is 58.4 Å². The zero-order chi connectivity index (χ0) is 21.0. The van der Waals surface area contributed by atoms with Crippen molar-refractivity contribution in [3.05, 3.63) is 29.1 Å². The topological polar surface area (TPSA) is 90.4 Å². The largest absolute Gasteiger partial charge is 0.465 e. The molecule has 0 N–H and O–H groups in total. The number of halogens is 3. The molecule has 2 aliphatic rings. The number of ketones is 3. The van der Waals surface area contributed by atoms with Crippen molar-refractivity contribution in [1.29, 1.82) is 0 Å². The number of hydrogen-bond acceptors (Lipinski definition) is 6. The molecule has 28 heavy (non-hydrogen) atoms. The molecular formula is C19H18F3NO5. The first-order chi connectivity index (χ1) is 12.9. The Labute approximate surface area is 158 Å². The van der Waals surface area contributed by atoms with E-state index in [1.165, 1.54) is 13.8 Å². The van der Waals surface area contributed by atoms with Gasteiger partial charge < -0.3 is 4.74 Å². The van der Waals surface area contributed by atoms with Crippen molar-refractivity contribution in [2.75, 3.05) is 6.61 Å². The van der Waals surface area contributed by atoms with E-state index in [9.17, 15) is 32.3 Å². The molecule has 1 heterocycles. The highest BCUT2D eigenvalue weighted by Crippen LogP contribution is 2.58. The molecule has 0 bridgehead atoms. The van der Waals surface area contributed by atoms with Crippen LogP contribution in [0.3, 0.4) is 0 Å². The van der Waals surface area contributed by atoms with E-state index in [4.69, 9.17) is 4.74 Å². The average molecular weight is 397 g/mol. The molecular weight excluding hydrogens is 379 g/mol. The number of rotatable bonds is 4. The number of pyridine rings is 1. The minimum atomic E-state index is -4.69. The molecule has 6 nitrogen and oxygen atoms in total. The fraction of sp³-hybridized carbons (Fsp3) is 0.526. The standard InChI is InChI=1S/C19H18F3NO5/c1-4-28-17(27)18(3)11-7-10(11)15(25)13(16(18)26)14(24)9-5-6-12(19(20,21)22)23-8(9)2/h5-6,10-11,13H,4,7H2,1-3H3. The molecule has 3 rings (SSSR count). The van der Waals surface area contributed by atoms with Crippen molar-refractivity contribution in [3.8, 4) is 0 Å². The van der Waals surface area contributed by atoms with Gasteiger partial charge in [0.25, 0.3) is 0 Å². The first-order valence-corrected chi connectivity index (χ1v) is 8.78. The Morgan fingerprint density at radius 2 is 1.93 bits per heavy atom. The Hall–Kier alpha value is -2.58. The summed E-state index contributed by atoms with van der Waals surface area (Å²) in [6.07, 6.45) is -4.39. The zero-order valence-corrected chi connectivity index (χ0v) is 15.4. The molecule has 0 saturated heterocycles. The van der Waals surface area contributed by atoms with Gasteiger partial charge in [-0.15, -0.1) is 0 Å². The Kier molecular flexibility index (Phi) is 4.68. The number of aromatic nitrogens is 1. The monoisotopic (exact) mass is 397 g/mol. The van der Waals surface area contributed by atoms with Crippen molar-refractivity contribution in [1.82, 2.24) is 4.98 Å². The van der Waals surface area contributed by atoms with Gasteiger partial charge in [0.2, 0.25) is 0 Å². The Morgan fingerprint density at radius 1 is 1.29 bits per heavy atom. The van der Waals surface area contributed by atoms with Crippen LogP contribution < -0.4 is 0 Å². The normalized spacial score (nSPS) is 29.3. The van der Waals surface area contributed by atoms with Crippen molar-refractivity contribution < 1.29 is 37.1 Å². The van der Waals surface area contributed by atoms with Crippen LogP contribution in [0.5, 0.6) is 0 Å². The molecule has 4 atom stereocenters. The number of carbonyl (C=O) groups excluding carboxylic acids is 4. The van der Waals surface area contributed by atoms with E-state index >= 15 is 0 Å². The van der Waals surface area contributed by atoms with Gasteiger partial charge in [-0.3, -0.25) is 19.2 Å². The highest BCUT2D eigenvalue weighted by Gasteiger charge is 2.69. The Balaban J connectivity index is 1.98. The zero-order valence-electron chi connectivity index (χ0n) is 15.4. The van der Waals surface area contributed by atoms with E-state index in [1.54, 1.807) is 6.92 Å². The molecule has 150 valence electrons. The lowest BCUT2D eigenvalue weighted by Crippen LogP contribution is -2.52. The van der Waals surface area contributed by atoms with Gasteiger partial charge in [0.1, 0.15) is 17.0 Å². The molecule has 2 saturated carbocycles. The summed E-state index contributed by atoms with van der Waals surface area (Å²) in [5, 5.41) is 0. The van der Waals surface area contributed by atoms with Gasteiger partial charge >= 0.3 is 12.1 Å².